The van der Waals surface area contributed by atoms with Gasteiger partial charge >= 0.3 is 6.18 Å². The van der Waals surface area contributed by atoms with Crippen molar-refractivity contribution in [3.05, 3.63) is 34.9 Å². The number of hydrogen-bond acceptors (Lipinski definition) is 5. The van der Waals surface area contributed by atoms with Crippen LogP contribution < -0.4 is 10.6 Å². The SMILES string of the molecule is CC1(C)NC(C23CC(N(Cc4ccc(Cl)cc4)S(=O)(=O)CCCCF)(C2)C3)=N[C@H]1C(=O)NCCC(F)(F)F. The van der Waals surface area contributed by atoms with Crippen molar-refractivity contribution in [3.8, 4) is 0 Å². The van der Waals surface area contributed by atoms with E-state index in [9.17, 15) is 30.8 Å². The maximum atomic E-state index is 13.4. The molecule has 1 aromatic rings. The fraction of sp³-hybridized carbons (Fsp3) is 0.680. The first-order valence-corrected chi connectivity index (χ1v) is 14.6. The van der Waals surface area contributed by atoms with Gasteiger partial charge in [0.1, 0.15) is 5.84 Å². The summed E-state index contributed by atoms with van der Waals surface area (Å²) in [5, 5.41) is 6.15. The minimum Gasteiger partial charge on any atom is -0.366 e. The molecule has 1 atom stereocenters. The summed E-state index contributed by atoms with van der Waals surface area (Å²) in [5.74, 6) is -0.129. The third-order valence-corrected chi connectivity index (χ3v) is 9.98. The van der Waals surface area contributed by atoms with E-state index >= 15 is 0 Å². The van der Waals surface area contributed by atoms with E-state index < -0.39 is 64.3 Å². The fourth-order valence-corrected chi connectivity index (χ4v) is 7.88. The molecule has 0 aromatic heterocycles. The smallest absolute Gasteiger partial charge is 0.366 e. The minimum absolute atomic E-state index is 0.147. The van der Waals surface area contributed by atoms with Crippen LogP contribution in [0.2, 0.25) is 5.02 Å². The van der Waals surface area contributed by atoms with Gasteiger partial charge in [-0.25, -0.2) is 8.42 Å². The Bertz CT molecular complexity index is 1170. The molecule has 1 aromatic carbocycles. The molecule has 1 aliphatic heterocycles. The summed E-state index contributed by atoms with van der Waals surface area (Å²) in [6, 6.07) is 6.06. The monoisotopic (exact) mass is 580 g/mol. The summed E-state index contributed by atoms with van der Waals surface area (Å²) in [6.07, 6.45) is -3.54. The van der Waals surface area contributed by atoms with Crippen LogP contribution in [0.3, 0.4) is 0 Å². The topological polar surface area (TPSA) is 90.9 Å². The molecule has 0 saturated heterocycles. The molecule has 5 rings (SSSR count). The number of carbonyl (C=O) groups excluding carboxylic acids is 1. The number of benzene rings is 1. The Kier molecular flexibility index (Phi) is 7.83. The highest BCUT2D eigenvalue weighted by Crippen LogP contribution is 2.71. The largest absolute Gasteiger partial charge is 0.390 e. The summed E-state index contributed by atoms with van der Waals surface area (Å²) in [4.78, 5) is 17.2. The highest BCUT2D eigenvalue weighted by molar-refractivity contribution is 7.89. The Morgan fingerprint density at radius 2 is 1.82 bits per heavy atom. The van der Waals surface area contributed by atoms with E-state index in [4.69, 9.17) is 11.6 Å². The van der Waals surface area contributed by atoms with Crippen LogP contribution in [0.4, 0.5) is 17.6 Å². The first-order chi connectivity index (χ1) is 17.6. The van der Waals surface area contributed by atoms with Crippen molar-refractivity contribution in [2.45, 2.75) is 82.2 Å². The Hall–Kier alpha value is -1.92. The number of aliphatic imine (C=N–C) groups is 1. The van der Waals surface area contributed by atoms with Crippen molar-refractivity contribution in [1.82, 2.24) is 14.9 Å². The van der Waals surface area contributed by atoms with Crippen LogP contribution in [0.1, 0.15) is 57.9 Å². The number of amidine groups is 1. The Labute approximate surface area is 225 Å². The maximum absolute atomic E-state index is 13.4. The number of carbonyl (C=O) groups is 1. The van der Waals surface area contributed by atoms with Crippen LogP contribution >= 0.6 is 11.6 Å². The molecule has 3 fully saturated rings. The number of nitrogens with zero attached hydrogens (tertiary/aromatic N) is 2. The molecule has 38 heavy (non-hydrogen) atoms. The zero-order chi connectivity index (χ0) is 28.0. The molecule has 2 bridgehead atoms. The number of alkyl halides is 4. The third-order valence-electron chi connectivity index (χ3n) is 7.73. The van der Waals surface area contributed by atoms with Crippen LogP contribution in [-0.4, -0.2) is 66.7 Å². The van der Waals surface area contributed by atoms with Gasteiger partial charge in [-0.3, -0.25) is 14.2 Å². The standard InChI is InChI=1S/C25H33ClF4N4O3S/c1-22(2)19(20(35)31-11-9-25(28,29)30)32-21(33-22)23-14-24(15-23,16-23)34(38(36,37)12-4-3-10-27)13-17-5-7-18(26)8-6-17/h5-8,19H,3-4,9-16H2,1-2H3,(H,31,35)(H,32,33)/t19-,23?,24?/m0/s1. The summed E-state index contributed by atoms with van der Waals surface area (Å²) >= 11 is 5.99. The van der Waals surface area contributed by atoms with Gasteiger partial charge in [0.15, 0.2) is 6.04 Å². The first-order valence-electron chi connectivity index (χ1n) is 12.6. The van der Waals surface area contributed by atoms with E-state index in [1.807, 2.05) is 0 Å². The summed E-state index contributed by atoms with van der Waals surface area (Å²) in [6.45, 7) is 2.60. The molecule has 1 heterocycles. The molecule has 4 aliphatic rings. The molecule has 3 aliphatic carbocycles. The quantitative estimate of drug-likeness (QED) is 0.284. The molecule has 2 N–H and O–H groups in total. The van der Waals surface area contributed by atoms with Crippen molar-refractivity contribution in [2.75, 3.05) is 19.0 Å². The van der Waals surface area contributed by atoms with Gasteiger partial charge < -0.3 is 10.6 Å². The molecule has 13 heteroatoms. The van der Waals surface area contributed by atoms with Crippen molar-refractivity contribution in [1.29, 1.82) is 0 Å². The zero-order valence-electron chi connectivity index (χ0n) is 21.4. The van der Waals surface area contributed by atoms with Gasteiger partial charge in [0, 0.05) is 29.1 Å². The van der Waals surface area contributed by atoms with Crippen molar-refractivity contribution in [2.24, 2.45) is 10.4 Å². The van der Waals surface area contributed by atoms with Crippen LogP contribution in [-0.2, 0) is 21.4 Å². The lowest BCUT2D eigenvalue weighted by molar-refractivity contribution is -0.151. The number of unbranched alkanes of at least 4 members (excludes halogenated alkanes) is 1. The highest BCUT2D eigenvalue weighted by atomic mass is 35.5. The first kappa shape index (κ1) is 29.1. The number of rotatable bonds is 12. The lowest BCUT2D eigenvalue weighted by atomic mass is 9.38. The summed E-state index contributed by atoms with van der Waals surface area (Å²) < 4.78 is 78.4. The zero-order valence-corrected chi connectivity index (χ0v) is 22.9. The van der Waals surface area contributed by atoms with Crippen LogP contribution in [0.25, 0.3) is 0 Å². The van der Waals surface area contributed by atoms with E-state index in [-0.39, 0.29) is 25.1 Å². The lowest BCUT2D eigenvalue weighted by Crippen LogP contribution is -2.78. The summed E-state index contributed by atoms with van der Waals surface area (Å²) in [5.41, 5.74) is -1.03. The predicted octanol–water partition coefficient (Wildman–Crippen LogP) is 4.36. The normalized spacial score (nSPS) is 27.8. The van der Waals surface area contributed by atoms with Crippen molar-refractivity contribution in [3.63, 3.8) is 0 Å². The minimum atomic E-state index is -4.37. The average Bonchev–Trinajstić information content (AvgIpc) is 3.06. The van der Waals surface area contributed by atoms with Crippen molar-refractivity contribution >= 4 is 33.4 Å². The van der Waals surface area contributed by atoms with Gasteiger partial charge in [-0.05, 0) is 63.6 Å². The molecular weight excluding hydrogens is 548 g/mol. The number of sulfonamides is 1. The molecular formula is C25H33ClF4N4O3S. The van der Waals surface area contributed by atoms with Crippen molar-refractivity contribution < 1.29 is 30.8 Å². The Morgan fingerprint density at radius 1 is 1.18 bits per heavy atom. The van der Waals surface area contributed by atoms with E-state index in [0.29, 0.717) is 30.1 Å². The summed E-state index contributed by atoms with van der Waals surface area (Å²) in [7, 11) is -3.69. The maximum Gasteiger partial charge on any atom is 0.390 e. The molecule has 3 saturated carbocycles. The van der Waals surface area contributed by atoms with Gasteiger partial charge in [0.25, 0.3) is 0 Å². The number of hydrogen-bond donors (Lipinski definition) is 2. The van der Waals surface area contributed by atoms with E-state index in [2.05, 4.69) is 15.6 Å². The third kappa shape index (κ3) is 5.82. The predicted molar refractivity (Wildman–Crippen MR) is 137 cm³/mol. The van der Waals surface area contributed by atoms with Gasteiger partial charge in [-0.2, -0.15) is 17.5 Å². The number of nitrogens with one attached hydrogen (secondary N) is 2. The Morgan fingerprint density at radius 3 is 2.39 bits per heavy atom. The fourth-order valence-electron chi connectivity index (χ4n) is 5.83. The van der Waals surface area contributed by atoms with E-state index in [1.54, 1.807) is 38.1 Å². The van der Waals surface area contributed by atoms with Crippen LogP contribution in [0, 0.1) is 5.41 Å². The lowest BCUT2D eigenvalue weighted by Gasteiger charge is -2.73. The van der Waals surface area contributed by atoms with E-state index in [0.717, 1.165) is 5.56 Å². The number of halogens is 5. The van der Waals surface area contributed by atoms with Gasteiger partial charge in [-0.1, -0.05) is 23.7 Å². The van der Waals surface area contributed by atoms with Gasteiger partial charge in [0.05, 0.1) is 24.4 Å². The molecule has 1 amide bonds. The molecule has 0 radical (unpaired) electrons. The van der Waals surface area contributed by atoms with Crippen LogP contribution in [0.15, 0.2) is 29.3 Å². The molecule has 212 valence electrons. The van der Waals surface area contributed by atoms with E-state index in [1.165, 1.54) is 4.31 Å². The second kappa shape index (κ2) is 10.2. The second-order valence-corrected chi connectivity index (χ2v) is 13.7. The van der Waals surface area contributed by atoms with Crippen LogP contribution in [0.5, 0.6) is 0 Å². The average molecular weight is 581 g/mol. The molecule has 7 nitrogen and oxygen atoms in total. The molecule has 0 spiro atoms. The van der Waals surface area contributed by atoms with Gasteiger partial charge in [-0.15, -0.1) is 0 Å². The molecule has 0 unspecified atom stereocenters. The highest BCUT2D eigenvalue weighted by Gasteiger charge is 2.75. The Balaban J connectivity index is 1.48. The number of amides is 1. The van der Waals surface area contributed by atoms with Gasteiger partial charge in [0.2, 0.25) is 15.9 Å². The second-order valence-electron chi connectivity index (χ2n) is 11.3.